The van der Waals surface area contributed by atoms with Gasteiger partial charge in [-0.25, -0.2) is 4.98 Å². The van der Waals surface area contributed by atoms with Crippen molar-refractivity contribution in [2.24, 2.45) is 0 Å². The normalized spacial score (nSPS) is 9.50. The van der Waals surface area contributed by atoms with Crippen molar-refractivity contribution < 1.29 is 4.92 Å². The van der Waals surface area contributed by atoms with Gasteiger partial charge in [0.2, 0.25) is 0 Å². The minimum atomic E-state index is -0.440. The van der Waals surface area contributed by atoms with Crippen LogP contribution < -0.4 is 5.32 Å². The Bertz CT molecular complexity index is 424. The molecule has 1 aromatic rings. The molecule has 0 aliphatic heterocycles. The van der Waals surface area contributed by atoms with Crippen LogP contribution in [0, 0.1) is 29.4 Å². The number of nitrogens with one attached hydrogen (secondary N) is 1. The van der Waals surface area contributed by atoms with Gasteiger partial charge in [0, 0.05) is 18.5 Å². The molecule has 0 saturated carbocycles. The Balaban J connectivity index is 2.60. The summed E-state index contributed by atoms with van der Waals surface area (Å²) in [4.78, 5) is 14.1. The van der Waals surface area contributed by atoms with Gasteiger partial charge in [-0.15, -0.1) is 12.3 Å². The van der Waals surface area contributed by atoms with Gasteiger partial charge in [-0.2, -0.15) is 0 Å². The summed E-state index contributed by atoms with van der Waals surface area (Å²) in [5, 5.41) is 13.6. The van der Waals surface area contributed by atoms with Crippen molar-refractivity contribution in [3.63, 3.8) is 0 Å². The molecule has 0 aliphatic rings. The minimum Gasteiger partial charge on any atom is -0.370 e. The van der Waals surface area contributed by atoms with E-state index in [0.29, 0.717) is 24.3 Å². The summed E-state index contributed by atoms with van der Waals surface area (Å²) in [5.74, 6) is 3.18. The van der Waals surface area contributed by atoms with Crippen LogP contribution in [0.15, 0.2) is 12.3 Å². The van der Waals surface area contributed by atoms with Crippen LogP contribution in [0.4, 0.5) is 11.5 Å². The third-order valence-electron chi connectivity index (χ3n) is 2.08. The molecule has 16 heavy (non-hydrogen) atoms. The number of unbranched alkanes of at least 4 members (excludes halogenated alkanes) is 1. The molecule has 1 N–H and O–H groups in total. The van der Waals surface area contributed by atoms with Gasteiger partial charge < -0.3 is 5.32 Å². The van der Waals surface area contributed by atoms with E-state index in [1.165, 1.54) is 6.20 Å². The maximum absolute atomic E-state index is 10.6. The summed E-state index contributed by atoms with van der Waals surface area (Å²) < 4.78 is 0. The van der Waals surface area contributed by atoms with Gasteiger partial charge in [-0.1, -0.05) is 0 Å². The largest absolute Gasteiger partial charge is 0.370 e. The first-order chi connectivity index (χ1) is 7.65. The highest BCUT2D eigenvalue weighted by Gasteiger charge is 2.10. The lowest BCUT2D eigenvalue weighted by atomic mass is 10.2. The fraction of sp³-hybridized carbons (Fsp3) is 0.364. The number of aromatic nitrogens is 1. The van der Waals surface area contributed by atoms with Crippen molar-refractivity contribution >= 4 is 11.5 Å². The second-order valence-electron chi connectivity index (χ2n) is 3.35. The Morgan fingerprint density at radius 3 is 3.00 bits per heavy atom. The lowest BCUT2D eigenvalue weighted by Crippen LogP contribution is -2.04. The maximum atomic E-state index is 10.6. The van der Waals surface area contributed by atoms with Crippen molar-refractivity contribution in [1.29, 1.82) is 0 Å². The Hall–Kier alpha value is -2.09. The molecule has 0 unspecified atom stereocenters. The molecule has 0 fully saturated rings. The number of nitrogens with zero attached hydrogens (tertiary/aromatic N) is 2. The predicted molar refractivity (Wildman–Crippen MR) is 62.2 cm³/mol. The van der Waals surface area contributed by atoms with E-state index in [0.717, 1.165) is 6.42 Å². The van der Waals surface area contributed by atoms with Gasteiger partial charge >= 0.3 is 0 Å². The molecular weight excluding hydrogens is 206 g/mol. The van der Waals surface area contributed by atoms with Crippen molar-refractivity contribution in [2.45, 2.75) is 19.8 Å². The van der Waals surface area contributed by atoms with Gasteiger partial charge in [0.25, 0.3) is 5.69 Å². The summed E-state index contributed by atoms with van der Waals surface area (Å²) in [5.41, 5.74) is 0.633. The molecule has 0 amide bonds. The Labute approximate surface area is 94.0 Å². The summed E-state index contributed by atoms with van der Waals surface area (Å²) in [6.45, 7) is 2.40. The number of aryl methyl sites for hydroxylation is 1. The summed E-state index contributed by atoms with van der Waals surface area (Å²) >= 11 is 0. The average molecular weight is 219 g/mol. The van der Waals surface area contributed by atoms with E-state index in [4.69, 9.17) is 6.42 Å². The van der Waals surface area contributed by atoms with Crippen molar-refractivity contribution in [3.8, 4) is 12.3 Å². The quantitative estimate of drug-likeness (QED) is 0.356. The maximum Gasteiger partial charge on any atom is 0.290 e. The van der Waals surface area contributed by atoms with Crippen molar-refractivity contribution in [1.82, 2.24) is 4.98 Å². The standard InChI is InChI=1S/C11H13N3O2/c1-3-4-5-6-12-11-7-9(2)10(8-13-11)14(15)16/h1,7-8H,4-6H2,2H3,(H,12,13). The molecule has 1 heterocycles. The van der Waals surface area contributed by atoms with E-state index in [1.54, 1.807) is 13.0 Å². The molecule has 0 aromatic carbocycles. The van der Waals surface area contributed by atoms with E-state index in [2.05, 4.69) is 16.2 Å². The summed E-state index contributed by atoms with van der Waals surface area (Å²) in [7, 11) is 0. The Morgan fingerprint density at radius 2 is 2.44 bits per heavy atom. The highest BCUT2D eigenvalue weighted by atomic mass is 16.6. The zero-order valence-electron chi connectivity index (χ0n) is 9.06. The predicted octanol–water partition coefficient (Wildman–Crippen LogP) is 2.12. The first-order valence-corrected chi connectivity index (χ1v) is 4.93. The topological polar surface area (TPSA) is 68.1 Å². The first kappa shape index (κ1) is 12.0. The minimum absolute atomic E-state index is 0.0363. The van der Waals surface area contributed by atoms with Crippen LogP contribution in [0.2, 0.25) is 0 Å². The van der Waals surface area contributed by atoms with E-state index in [-0.39, 0.29) is 5.69 Å². The fourth-order valence-electron chi connectivity index (χ4n) is 1.24. The van der Waals surface area contributed by atoms with Crippen LogP contribution >= 0.6 is 0 Å². The second kappa shape index (κ2) is 5.71. The van der Waals surface area contributed by atoms with Crippen LogP contribution in [0.1, 0.15) is 18.4 Å². The zero-order chi connectivity index (χ0) is 12.0. The van der Waals surface area contributed by atoms with Crippen molar-refractivity contribution in [3.05, 3.63) is 27.9 Å². The lowest BCUT2D eigenvalue weighted by molar-refractivity contribution is -0.385. The van der Waals surface area contributed by atoms with E-state index >= 15 is 0 Å². The average Bonchev–Trinajstić information content (AvgIpc) is 2.24. The summed E-state index contributed by atoms with van der Waals surface area (Å²) in [6.07, 6.45) is 7.94. The van der Waals surface area contributed by atoms with E-state index in [1.807, 2.05) is 0 Å². The van der Waals surface area contributed by atoms with Crippen LogP contribution in [-0.2, 0) is 0 Å². The number of hydrogen-bond acceptors (Lipinski definition) is 4. The first-order valence-electron chi connectivity index (χ1n) is 4.93. The van der Waals surface area contributed by atoms with Crippen LogP contribution in [0.5, 0.6) is 0 Å². The molecule has 5 nitrogen and oxygen atoms in total. The van der Waals surface area contributed by atoms with Gasteiger partial charge in [0.1, 0.15) is 12.0 Å². The lowest BCUT2D eigenvalue weighted by Gasteiger charge is -2.04. The molecule has 0 aliphatic carbocycles. The summed E-state index contributed by atoms with van der Waals surface area (Å²) in [6, 6.07) is 1.66. The van der Waals surface area contributed by atoms with Crippen molar-refractivity contribution in [2.75, 3.05) is 11.9 Å². The number of pyridine rings is 1. The third kappa shape index (κ3) is 3.24. The monoisotopic (exact) mass is 219 g/mol. The number of hydrogen-bond donors (Lipinski definition) is 1. The van der Waals surface area contributed by atoms with Gasteiger partial charge in [-0.3, -0.25) is 10.1 Å². The molecular formula is C11H13N3O2. The number of nitro groups is 1. The van der Waals surface area contributed by atoms with Crippen LogP contribution in [-0.4, -0.2) is 16.5 Å². The fourth-order valence-corrected chi connectivity index (χ4v) is 1.24. The molecule has 0 atom stereocenters. The molecule has 0 saturated heterocycles. The molecule has 0 radical (unpaired) electrons. The third-order valence-corrected chi connectivity index (χ3v) is 2.08. The Kier molecular flexibility index (Phi) is 4.28. The highest BCUT2D eigenvalue weighted by molar-refractivity contribution is 5.46. The van der Waals surface area contributed by atoms with Crippen LogP contribution in [0.25, 0.3) is 0 Å². The second-order valence-corrected chi connectivity index (χ2v) is 3.35. The smallest absolute Gasteiger partial charge is 0.290 e. The number of terminal acetylenes is 1. The Morgan fingerprint density at radius 1 is 1.69 bits per heavy atom. The molecule has 1 rings (SSSR count). The highest BCUT2D eigenvalue weighted by Crippen LogP contribution is 2.18. The zero-order valence-corrected chi connectivity index (χ0v) is 9.06. The number of anilines is 1. The van der Waals surface area contributed by atoms with E-state index in [9.17, 15) is 10.1 Å². The SMILES string of the molecule is C#CCCCNc1cc(C)c([N+](=O)[O-])cn1. The van der Waals surface area contributed by atoms with E-state index < -0.39 is 4.92 Å². The molecule has 84 valence electrons. The van der Waals surface area contributed by atoms with Gasteiger partial charge in [0.05, 0.1) is 4.92 Å². The molecule has 0 bridgehead atoms. The molecule has 5 heteroatoms. The van der Waals surface area contributed by atoms with Crippen LogP contribution in [0.3, 0.4) is 0 Å². The molecule has 1 aromatic heterocycles. The molecule has 0 spiro atoms. The van der Waals surface area contributed by atoms with Gasteiger partial charge in [0.15, 0.2) is 0 Å². The van der Waals surface area contributed by atoms with Gasteiger partial charge in [-0.05, 0) is 19.4 Å². The number of rotatable bonds is 5.